The number of carbonyl (C=O) groups excluding carboxylic acids is 1. The Kier molecular flexibility index (Phi) is 5.98. The smallest absolute Gasteiger partial charge is 0.308 e. The lowest BCUT2D eigenvalue weighted by Crippen LogP contribution is -2.41. The van der Waals surface area contributed by atoms with Gasteiger partial charge in [-0.2, -0.15) is 0 Å². The van der Waals surface area contributed by atoms with Crippen LogP contribution < -0.4 is 0 Å². The first-order valence-corrected chi connectivity index (χ1v) is 6.99. The number of hydrogen-bond acceptors (Lipinski definition) is 4. The zero-order valence-corrected chi connectivity index (χ0v) is 11.9. The predicted molar refractivity (Wildman–Crippen MR) is 73.1 cm³/mol. The van der Waals surface area contributed by atoms with Gasteiger partial charge in [-0.1, -0.05) is 13.0 Å². The lowest BCUT2D eigenvalue weighted by Gasteiger charge is -2.25. The molecule has 19 heavy (non-hydrogen) atoms. The van der Waals surface area contributed by atoms with Crippen LogP contribution in [0.1, 0.15) is 18.7 Å². The standard InChI is InChI=1S/C13H19NO4S/c1-9(13(17)18)7-14(8-10(2)15)12(16)6-11-4-3-5-19-11/h3-5,9-10,15H,6-8H2,1-2H3,(H,17,18). The van der Waals surface area contributed by atoms with Gasteiger partial charge in [-0.05, 0) is 18.4 Å². The van der Waals surface area contributed by atoms with Crippen molar-refractivity contribution in [2.45, 2.75) is 26.4 Å². The summed E-state index contributed by atoms with van der Waals surface area (Å²) in [6.07, 6.45) is -0.426. The molecule has 0 bridgehead atoms. The van der Waals surface area contributed by atoms with Crippen LogP contribution in [-0.4, -0.2) is 46.2 Å². The number of carboxylic acids is 1. The number of thiophene rings is 1. The molecular formula is C13H19NO4S. The second kappa shape index (κ2) is 7.25. The van der Waals surface area contributed by atoms with Gasteiger partial charge in [0.1, 0.15) is 0 Å². The van der Waals surface area contributed by atoms with E-state index in [-0.39, 0.29) is 25.4 Å². The van der Waals surface area contributed by atoms with E-state index in [1.54, 1.807) is 13.8 Å². The molecule has 0 saturated carbocycles. The largest absolute Gasteiger partial charge is 0.481 e. The van der Waals surface area contributed by atoms with Crippen molar-refractivity contribution >= 4 is 23.2 Å². The van der Waals surface area contributed by atoms with E-state index in [0.29, 0.717) is 0 Å². The van der Waals surface area contributed by atoms with Crippen molar-refractivity contribution in [2.75, 3.05) is 13.1 Å². The molecule has 6 heteroatoms. The van der Waals surface area contributed by atoms with Crippen LogP contribution in [0.5, 0.6) is 0 Å². The van der Waals surface area contributed by atoms with Crippen molar-refractivity contribution < 1.29 is 19.8 Å². The fourth-order valence-corrected chi connectivity index (χ4v) is 2.38. The van der Waals surface area contributed by atoms with Gasteiger partial charge in [0.05, 0.1) is 18.4 Å². The Bertz CT molecular complexity index is 416. The Hall–Kier alpha value is -1.40. The van der Waals surface area contributed by atoms with E-state index in [0.717, 1.165) is 4.88 Å². The van der Waals surface area contributed by atoms with Crippen molar-refractivity contribution in [3.05, 3.63) is 22.4 Å². The number of aliphatic carboxylic acids is 1. The predicted octanol–water partition coefficient (Wildman–Crippen LogP) is 1.22. The molecule has 1 aromatic heterocycles. The fourth-order valence-electron chi connectivity index (χ4n) is 1.68. The van der Waals surface area contributed by atoms with Crippen molar-refractivity contribution in [3.63, 3.8) is 0 Å². The summed E-state index contributed by atoms with van der Waals surface area (Å²) in [4.78, 5) is 25.3. The van der Waals surface area contributed by atoms with Gasteiger partial charge in [-0.25, -0.2) is 0 Å². The second-order valence-electron chi connectivity index (χ2n) is 4.64. The third kappa shape index (κ3) is 5.40. The van der Waals surface area contributed by atoms with Crippen molar-refractivity contribution in [1.82, 2.24) is 4.90 Å². The monoisotopic (exact) mass is 285 g/mol. The van der Waals surface area contributed by atoms with Crippen LogP contribution in [-0.2, 0) is 16.0 Å². The van der Waals surface area contributed by atoms with Crippen molar-refractivity contribution in [2.24, 2.45) is 5.92 Å². The molecule has 2 N–H and O–H groups in total. The van der Waals surface area contributed by atoms with Crippen molar-refractivity contribution in [1.29, 1.82) is 0 Å². The topological polar surface area (TPSA) is 77.8 Å². The van der Waals surface area contributed by atoms with Gasteiger partial charge < -0.3 is 15.1 Å². The molecule has 2 unspecified atom stereocenters. The maximum absolute atomic E-state index is 12.1. The van der Waals surface area contributed by atoms with Gasteiger partial charge in [0.15, 0.2) is 0 Å². The SMILES string of the molecule is CC(O)CN(CC(C)C(=O)O)C(=O)Cc1cccs1. The van der Waals surface area contributed by atoms with Gasteiger partial charge in [-0.15, -0.1) is 11.3 Å². The number of carbonyl (C=O) groups is 2. The first kappa shape index (κ1) is 15.7. The summed E-state index contributed by atoms with van der Waals surface area (Å²) in [5.74, 6) is -1.75. The zero-order valence-electron chi connectivity index (χ0n) is 11.1. The summed E-state index contributed by atoms with van der Waals surface area (Å²) in [5, 5.41) is 20.2. The summed E-state index contributed by atoms with van der Waals surface area (Å²) >= 11 is 1.49. The molecule has 0 aromatic carbocycles. The molecule has 0 aliphatic heterocycles. The van der Waals surface area contributed by atoms with Gasteiger partial charge >= 0.3 is 5.97 Å². The zero-order chi connectivity index (χ0) is 14.4. The van der Waals surface area contributed by atoms with Gasteiger partial charge in [-0.3, -0.25) is 9.59 Å². The molecule has 2 atom stereocenters. The van der Waals surface area contributed by atoms with Crippen LogP contribution >= 0.6 is 11.3 Å². The van der Waals surface area contributed by atoms with E-state index in [1.807, 2.05) is 17.5 Å². The Balaban J connectivity index is 2.66. The normalized spacial score (nSPS) is 13.8. The molecule has 1 heterocycles. The van der Waals surface area contributed by atoms with E-state index >= 15 is 0 Å². The van der Waals surface area contributed by atoms with E-state index < -0.39 is 18.0 Å². The number of carboxylic acid groups (broad SMARTS) is 1. The molecule has 0 aliphatic rings. The number of aliphatic hydroxyl groups is 1. The van der Waals surface area contributed by atoms with Gasteiger partial charge in [0, 0.05) is 18.0 Å². The van der Waals surface area contributed by atoms with Crippen LogP contribution in [0.3, 0.4) is 0 Å². The van der Waals surface area contributed by atoms with Crippen LogP contribution in [0.25, 0.3) is 0 Å². The van der Waals surface area contributed by atoms with Crippen LogP contribution in [0.2, 0.25) is 0 Å². The summed E-state index contributed by atoms with van der Waals surface area (Å²) in [5.41, 5.74) is 0. The van der Waals surface area contributed by atoms with E-state index in [2.05, 4.69) is 0 Å². The first-order chi connectivity index (χ1) is 8.90. The maximum atomic E-state index is 12.1. The van der Waals surface area contributed by atoms with Gasteiger partial charge in [0.25, 0.3) is 0 Å². The molecule has 0 saturated heterocycles. The van der Waals surface area contributed by atoms with Gasteiger partial charge in [0.2, 0.25) is 5.91 Å². The molecule has 1 aromatic rings. The summed E-state index contributed by atoms with van der Waals surface area (Å²) in [6.45, 7) is 3.40. The Morgan fingerprint density at radius 3 is 2.53 bits per heavy atom. The van der Waals surface area contributed by atoms with E-state index in [9.17, 15) is 14.7 Å². The molecule has 106 valence electrons. The maximum Gasteiger partial charge on any atom is 0.308 e. The Morgan fingerprint density at radius 2 is 2.05 bits per heavy atom. The summed E-state index contributed by atoms with van der Waals surface area (Å²) < 4.78 is 0. The molecule has 1 amide bonds. The average Bonchev–Trinajstić information content (AvgIpc) is 2.79. The third-order valence-electron chi connectivity index (χ3n) is 2.66. The Labute approximate surface area is 116 Å². The molecule has 0 aliphatic carbocycles. The quantitative estimate of drug-likeness (QED) is 0.789. The lowest BCUT2D eigenvalue weighted by molar-refractivity contribution is -0.143. The number of nitrogens with zero attached hydrogens (tertiary/aromatic N) is 1. The summed E-state index contributed by atoms with van der Waals surface area (Å²) in [7, 11) is 0. The number of hydrogen-bond donors (Lipinski definition) is 2. The van der Waals surface area contributed by atoms with Crippen molar-refractivity contribution in [3.8, 4) is 0 Å². The van der Waals surface area contributed by atoms with Crippen LogP contribution in [0.15, 0.2) is 17.5 Å². The average molecular weight is 285 g/mol. The van der Waals surface area contributed by atoms with E-state index in [1.165, 1.54) is 16.2 Å². The fraction of sp³-hybridized carbons (Fsp3) is 0.538. The lowest BCUT2D eigenvalue weighted by atomic mass is 10.1. The highest BCUT2D eigenvalue weighted by Crippen LogP contribution is 2.12. The molecule has 0 radical (unpaired) electrons. The van der Waals surface area contributed by atoms with E-state index in [4.69, 9.17) is 5.11 Å². The molecule has 1 rings (SSSR count). The number of rotatable bonds is 7. The highest BCUT2D eigenvalue weighted by Gasteiger charge is 2.22. The number of amides is 1. The highest BCUT2D eigenvalue weighted by molar-refractivity contribution is 7.10. The Morgan fingerprint density at radius 1 is 1.37 bits per heavy atom. The molecule has 0 spiro atoms. The molecular weight excluding hydrogens is 266 g/mol. The number of aliphatic hydroxyl groups excluding tert-OH is 1. The second-order valence-corrected chi connectivity index (χ2v) is 5.68. The summed E-state index contributed by atoms with van der Waals surface area (Å²) in [6, 6.07) is 3.73. The minimum Gasteiger partial charge on any atom is -0.481 e. The third-order valence-corrected chi connectivity index (χ3v) is 3.54. The molecule has 0 fully saturated rings. The van der Waals surface area contributed by atoms with Crippen LogP contribution in [0, 0.1) is 5.92 Å². The first-order valence-electron chi connectivity index (χ1n) is 6.11. The van der Waals surface area contributed by atoms with Crippen LogP contribution in [0.4, 0.5) is 0 Å². The molecule has 5 nitrogen and oxygen atoms in total. The minimum absolute atomic E-state index is 0.116. The minimum atomic E-state index is -0.945. The highest BCUT2D eigenvalue weighted by atomic mass is 32.1.